The van der Waals surface area contributed by atoms with Gasteiger partial charge >= 0.3 is 0 Å². The lowest BCUT2D eigenvalue weighted by atomic mass is 9.90. The number of aromatic nitrogens is 1. The van der Waals surface area contributed by atoms with E-state index in [4.69, 9.17) is 16.1 Å². The number of halogens is 1. The van der Waals surface area contributed by atoms with Crippen LogP contribution in [0.2, 0.25) is 0 Å². The van der Waals surface area contributed by atoms with Crippen molar-refractivity contribution in [3.63, 3.8) is 0 Å². The van der Waals surface area contributed by atoms with Gasteiger partial charge in [0.25, 0.3) is 0 Å². The third-order valence-electron chi connectivity index (χ3n) is 2.90. The van der Waals surface area contributed by atoms with Crippen molar-refractivity contribution in [2.24, 2.45) is 0 Å². The van der Waals surface area contributed by atoms with Crippen LogP contribution in [0.4, 0.5) is 0 Å². The molecule has 0 N–H and O–H groups in total. The van der Waals surface area contributed by atoms with E-state index < -0.39 is 0 Å². The van der Waals surface area contributed by atoms with Gasteiger partial charge in [-0.2, -0.15) is 0 Å². The van der Waals surface area contributed by atoms with Gasteiger partial charge in [-0.05, 0) is 18.4 Å². The Morgan fingerprint density at radius 2 is 2.13 bits per heavy atom. The summed E-state index contributed by atoms with van der Waals surface area (Å²) < 4.78 is 5.37. The summed E-state index contributed by atoms with van der Waals surface area (Å²) in [6.45, 7) is 0. The Morgan fingerprint density at radius 3 is 3.00 bits per heavy atom. The van der Waals surface area contributed by atoms with Crippen LogP contribution in [-0.4, -0.2) is 5.16 Å². The van der Waals surface area contributed by atoms with E-state index in [1.165, 1.54) is 16.7 Å². The normalized spacial score (nSPS) is 13.4. The summed E-state index contributed by atoms with van der Waals surface area (Å²) in [5.74, 6) is 1.34. The van der Waals surface area contributed by atoms with Crippen molar-refractivity contribution in [1.29, 1.82) is 0 Å². The molecule has 76 valence electrons. The van der Waals surface area contributed by atoms with Gasteiger partial charge in [0.15, 0.2) is 5.76 Å². The molecule has 0 atom stereocenters. The summed E-state index contributed by atoms with van der Waals surface area (Å²) in [6, 6.07) is 8.30. The van der Waals surface area contributed by atoms with E-state index in [1.807, 2.05) is 6.07 Å². The summed E-state index contributed by atoms with van der Waals surface area (Å²) in [5, 5.41) is 4.01. The van der Waals surface area contributed by atoms with Crippen LogP contribution < -0.4 is 0 Å². The maximum atomic E-state index is 5.81. The maximum Gasteiger partial charge on any atom is 0.170 e. The molecule has 1 aromatic heterocycles. The number of rotatable bonds is 1. The smallest absolute Gasteiger partial charge is 0.170 e. The highest BCUT2D eigenvalue weighted by atomic mass is 35.5. The van der Waals surface area contributed by atoms with Crippen LogP contribution >= 0.6 is 11.6 Å². The lowest BCUT2D eigenvalue weighted by molar-refractivity contribution is 0.425. The van der Waals surface area contributed by atoms with E-state index in [1.54, 1.807) is 0 Å². The first-order chi connectivity index (χ1) is 7.40. The molecule has 1 aliphatic rings. The van der Waals surface area contributed by atoms with Gasteiger partial charge in [-0.15, -0.1) is 11.6 Å². The Labute approximate surface area is 92.8 Å². The average Bonchev–Trinajstić information content (AvgIpc) is 2.72. The Morgan fingerprint density at radius 1 is 1.27 bits per heavy atom. The van der Waals surface area contributed by atoms with E-state index in [0.717, 1.165) is 24.3 Å². The molecule has 0 amide bonds. The number of nitrogens with zero attached hydrogens (tertiary/aromatic N) is 1. The van der Waals surface area contributed by atoms with Crippen LogP contribution in [0.5, 0.6) is 0 Å². The summed E-state index contributed by atoms with van der Waals surface area (Å²) in [7, 11) is 0. The molecule has 0 saturated carbocycles. The predicted octanol–water partition coefficient (Wildman–Crippen LogP) is 3.18. The molecule has 0 saturated heterocycles. The molecular weight excluding hydrogens is 210 g/mol. The van der Waals surface area contributed by atoms with Crippen molar-refractivity contribution < 1.29 is 4.52 Å². The average molecular weight is 220 g/mol. The molecule has 0 fully saturated rings. The Balaban J connectivity index is 2.22. The van der Waals surface area contributed by atoms with Gasteiger partial charge in [0.1, 0.15) is 5.69 Å². The molecule has 3 rings (SSSR count). The van der Waals surface area contributed by atoms with Crippen molar-refractivity contribution >= 4 is 11.6 Å². The number of hydrogen-bond acceptors (Lipinski definition) is 2. The fraction of sp³-hybridized carbons (Fsp3) is 0.250. The van der Waals surface area contributed by atoms with Crippen LogP contribution in [0, 0.1) is 0 Å². The monoisotopic (exact) mass is 219 g/mol. The van der Waals surface area contributed by atoms with Crippen molar-refractivity contribution in [1.82, 2.24) is 5.16 Å². The van der Waals surface area contributed by atoms with Crippen LogP contribution in [-0.2, 0) is 18.7 Å². The molecular formula is C12H10ClNO. The Kier molecular flexibility index (Phi) is 2.03. The number of fused-ring (bicyclic) bond motifs is 3. The van der Waals surface area contributed by atoms with Gasteiger partial charge in [-0.1, -0.05) is 29.4 Å². The van der Waals surface area contributed by atoms with Crippen molar-refractivity contribution in [3.8, 4) is 11.3 Å². The van der Waals surface area contributed by atoms with Gasteiger partial charge in [-0.25, -0.2) is 0 Å². The quantitative estimate of drug-likeness (QED) is 0.689. The molecule has 0 unspecified atom stereocenters. The number of hydrogen-bond donors (Lipinski definition) is 0. The Bertz CT molecular complexity index is 504. The minimum atomic E-state index is 0.432. The molecule has 2 nitrogen and oxygen atoms in total. The highest BCUT2D eigenvalue weighted by Crippen LogP contribution is 2.35. The highest BCUT2D eigenvalue weighted by Gasteiger charge is 2.23. The molecule has 0 bridgehead atoms. The lowest BCUT2D eigenvalue weighted by Crippen LogP contribution is -2.02. The SMILES string of the molecule is ClCc1noc2c1CCc1ccccc1-2. The number of alkyl halides is 1. The minimum Gasteiger partial charge on any atom is -0.356 e. The van der Waals surface area contributed by atoms with Crippen LogP contribution in [0.1, 0.15) is 16.8 Å². The topological polar surface area (TPSA) is 26.0 Å². The predicted molar refractivity (Wildman–Crippen MR) is 58.9 cm³/mol. The molecule has 3 heteroatoms. The number of aryl methyl sites for hydroxylation is 1. The van der Waals surface area contributed by atoms with Gasteiger partial charge in [0.2, 0.25) is 0 Å². The first-order valence-electron chi connectivity index (χ1n) is 5.02. The highest BCUT2D eigenvalue weighted by molar-refractivity contribution is 6.17. The molecule has 1 aliphatic carbocycles. The van der Waals surface area contributed by atoms with Gasteiger partial charge in [0, 0.05) is 11.1 Å². The maximum absolute atomic E-state index is 5.81. The largest absolute Gasteiger partial charge is 0.356 e. The van der Waals surface area contributed by atoms with Gasteiger partial charge in [-0.3, -0.25) is 0 Å². The van der Waals surface area contributed by atoms with Crippen LogP contribution in [0.25, 0.3) is 11.3 Å². The van der Waals surface area contributed by atoms with Crippen LogP contribution in [0.3, 0.4) is 0 Å². The summed E-state index contributed by atoms with van der Waals surface area (Å²) in [5.41, 5.74) is 4.58. The molecule has 1 aromatic carbocycles. The van der Waals surface area contributed by atoms with E-state index in [-0.39, 0.29) is 0 Å². The molecule has 1 heterocycles. The second kappa shape index (κ2) is 3.38. The zero-order valence-corrected chi connectivity index (χ0v) is 8.92. The second-order valence-corrected chi connectivity index (χ2v) is 3.99. The summed E-state index contributed by atoms with van der Waals surface area (Å²) >= 11 is 5.81. The first-order valence-corrected chi connectivity index (χ1v) is 5.55. The molecule has 0 spiro atoms. The third-order valence-corrected chi connectivity index (χ3v) is 3.16. The van der Waals surface area contributed by atoms with Gasteiger partial charge in [0.05, 0.1) is 5.88 Å². The standard InChI is InChI=1S/C12H10ClNO/c13-7-11-10-6-5-8-3-1-2-4-9(8)12(10)15-14-11/h1-4H,5-7H2. The van der Waals surface area contributed by atoms with E-state index in [9.17, 15) is 0 Å². The van der Waals surface area contributed by atoms with Crippen LogP contribution in [0.15, 0.2) is 28.8 Å². The zero-order chi connectivity index (χ0) is 10.3. The van der Waals surface area contributed by atoms with E-state index in [0.29, 0.717) is 5.88 Å². The minimum absolute atomic E-state index is 0.432. The Hall–Kier alpha value is -1.28. The zero-order valence-electron chi connectivity index (χ0n) is 8.16. The molecule has 0 aliphatic heterocycles. The van der Waals surface area contributed by atoms with Crippen molar-refractivity contribution in [3.05, 3.63) is 41.1 Å². The van der Waals surface area contributed by atoms with E-state index >= 15 is 0 Å². The molecule has 2 aromatic rings. The fourth-order valence-electron chi connectivity index (χ4n) is 2.14. The summed E-state index contributed by atoms with van der Waals surface area (Å²) in [4.78, 5) is 0. The number of benzene rings is 1. The third kappa shape index (κ3) is 1.29. The van der Waals surface area contributed by atoms with Crippen molar-refractivity contribution in [2.45, 2.75) is 18.7 Å². The molecule has 15 heavy (non-hydrogen) atoms. The van der Waals surface area contributed by atoms with E-state index in [2.05, 4.69) is 23.4 Å². The first kappa shape index (κ1) is 8.98. The van der Waals surface area contributed by atoms with Gasteiger partial charge < -0.3 is 4.52 Å². The second-order valence-electron chi connectivity index (χ2n) is 3.73. The fourth-order valence-corrected chi connectivity index (χ4v) is 2.35. The van der Waals surface area contributed by atoms with Crippen molar-refractivity contribution in [2.75, 3.05) is 0 Å². The molecule has 0 radical (unpaired) electrons. The lowest BCUT2D eigenvalue weighted by Gasteiger charge is -2.13. The summed E-state index contributed by atoms with van der Waals surface area (Å²) in [6.07, 6.45) is 2.03.